The minimum Gasteiger partial charge on any atom is -0.493 e. The third-order valence-electron chi connectivity index (χ3n) is 3.35. The van der Waals surface area contributed by atoms with Crippen molar-refractivity contribution in [3.63, 3.8) is 0 Å². The van der Waals surface area contributed by atoms with Crippen LogP contribution in [0.25, 0.3) is 0 Å². The van der Waals surface area contributed by atoms with E-state index in [0.717, 1.165) is 6.07 Å². The van der Waals surface area contributed by atoms with Gasteiger partial charge in [-0.15, -0.1) is 0 Å². The van der Waals surface area contributed by atoms with E-state index in [9.17, 15) is 13.2 Å². The van der Waals surface area contributed by atoms with Gasteiger partial charge in [0.05, 0.1) is 18.2 Å². The van der Waals surface area contributed by atoms with Crippen LogP contribution < -0.4 is 10.1 Å². The molecule has 1 unspecified atom stereocenters. The van der Waals surface area contributed by atoms with Crippen LogP contribution >= 0.6 is 0 Å². The number of hydrogen-bond donors (Lipinski definition) is 2. The summed E-state index contributed by atoms with van der Waals surface area (Å²) in [5.41, 5.74) is 0.371. The van der Waals surface area contributed by atoms with Crippen LogP contribution in [0.5, 0.6) is 5.75 Å². The van der Waals surface area contributed by atoms with Gasteiger partial charge in [-0.1, -0.05) is 39.5 Å². The fraction of sp³-hybridized carbons (Fsp3) is 0.579. The van der Waals surface area contributed by atoms with E-state index in [0.29, 0.717) is 30.5 Å². The predicted octanol–water partition coefficient (Wildman–Crippen LogP) is 5.46. The van der Waals surface area contributed by atoms with Gasteiger partial charge in [0, 0.05) is 17.9 Å². The molecule has 0 saturated heterocycles. The topological polar surface area (TPSA) is 41.5 Å². The molecule has 144 valence electrons. The molecule has 0 radical (unpaired) electrons. The van der Waals surface area contributed by atoms with Crippen molar-refractivity contribution in [2.45, 2.75) is 59.2 Å². The number of unbranched alkanes of at least 4 members (excludes halogenated alkanes) is 1. The Morgan fingerprint density at radius 3 is 2.40 bits per heavy atom. The van der Waals surface area contributed by atoms with E-state index in [-0.39, 0.29) is 25.0 Å². The molecule has 3 nitrogen and oxygen atoms in total. The Kier molecular flexibility index (Phi) is 11.0. The smallest absolute Gasteiger partial charge is 0.419 e. The van der Waals surface area contributed by atoms with E-state index in [1.807, 2.05) is 20.8 Å². The number of aliphatic hydroxyl groups excluding tert-OH is 1. The van der Waals surface area contributed by atoms with Crippen molar-refractivity contribution in [1.29, 1.82) is 0 Å². The number of nitrogens with one attached hydrogen (secondary N) is 1. The summed E-state index contributed by atoms with van der Waals surface area (Å²) in [6, 6.07) is 3.75. The Morgan fingerprint density at radius 1 is 1.28 bits per heavy atom. The molecule has 0 fully saturated rings. The maximum Gasteiger partial charge on any atom is 0.419 e. The molecular weight excluding hydrogens is 331 g/mol. The fourth-order valence-corrected chi connectivity index (χ4v) is 2.30. The van der Waals surface area contributed by atoms with Gasteiger partial charge in [-0.2, -0.15) is 13.2 Å². The Hall–Kier alpha value is -1.69. The van der Waals surface area contributed by atoms with Gasteiger partial charge in [0.2, 0.25) is 0 Å². The molecule has 2 N–H and O–H groups in total. The Morgan fingerprint density at radius 2 is 1.92 bits per heavy atom. The highest BCUT2D eigenvalue weighted by atomic mass is 19.4. The van der Waals surface area contributed by atoms with Crippen molar-refractivity contribution in [2.24, 2.45) is 0 Å². The highest BCUT2D eigenvalue weighted by Gasteiger charge is 2.36. The number of ether oxygens (including phenoxy) is 1. The van der Waals surface area contributed by atoms with E-state index in [1.54, 1.807) is 13.0 Å². The van der Waals surface area contributed by atoms with Crippen molar-refractivity contribution in [2.75, 3.05) is 13.2 Å². The summed E-state index contributed by atoms with van der Waals surface area (Å²) in [5.74, 6) is -0.140. The van der Waals surface area contributed by atoms with Gasteiger partial charge in [-0.25, -0.2) is 0 Å². The molecule has 0 aliphatic heterocycles. The molecule has 0 spiro atoms. The molecule has 0 aromatic heterocycles. The second-order valence-electron chi connectivity index (χ2n) is 5.39. The SMILES string of the molecule is C=C(C)NC(CC)c1cccc(C(F)(F)F)c1OCCCCO.CC. The highest BCUT2D eigenvalue weighted by molar-refractivity contribution is 5.45. The minimum absolute atomic E-state index is 0.00800. The summed E-state index contributed by atoms with van der Waals surface area (Å²) in [7, 11) is 0. The Balaban J connectivity index is 0.00000277. The number of alkyl halides is 3. The van der Waals surface area contributed by atoms with Crippen LogP contribution in [0.4, 0.5) is 13.2 Å². The van der Waals surface area contributed by atoms with Gasteiger partial charge in [0.1, 0.15) is 5.75 Å². The zero-order chi connectivity index (χ0) is 19.5. The van der Waals surface area contributed by atoms with Crippen LogP contribution in [-0.2, 0) is 6.18 Å². The number of hydrogen-bond acceptors (Lipinski definition) is 3. The normalized spacial score (nSPS) is 12.0. The molecule has 0 heterocycles. The lowest BCUT2D eigenvalue weighted by Gasteiger charge is -2.24. The van der Waals surface area contributed by atoms with Gasteiger partial charge >= 0.3 is 6.18 Å². The van der Waals surface area contributed by atoms with Gasteiger partial charge in [-0.3, -0.25) is 0 Å². The maximum absolute atomic E-state index is 13.3. The number of allylic oxidation sites excluding steroid dienone is 1. The lowest BCUT2D eigenvalue weighted by Crippen LogP contribution is -2.21. The largest absolute Gasteiger partial charge is 0.493 e. The second-order valence-corrected chi connectivity index (χ2v) is 5.39. The summed E-state index contributed by atoms with van der Waals surface area (Å²) < 4.78 is 45.3. The van der Waals surface area contributed by atoms with E-state index in [2.05, 4.69) is 11.9 Å². The number of benzene rings is 1. The van der Waals surface area contributed by atoms with E-state index >= 15 is 0 Å². The van der Waals surface area contributed by atoms with Crippen molar-refractivity contribution in [3.05, 3.63) is 41.6 Å². The number of aliphatic hydroxyl groups is 1. The van der Waals surface area contributed by atoms with Crippen LogP contribution in [0.15, 0.2) is 30.5 Å². The van der Waals surface area contributed by atoms with Crippen molar-refractivity contribution >= 4 is 0 Å². The zero-order valence-electron chi connectivity index (χ0n) is 15.5. The van der Waals surface area contributed by atoms with E-state index < -0.39 is 11.7 Å². The first-order valence-corrected chi connectivity index (χ1v) is 8.67. The van der Waals surface area contributed by atoms with Crippen LogP contribution in [0.2, 0.25) is 0 Å². The molecule has 0 saturated carbocycles. The molecular formula is C19H30F3NO2. The quantitative estimate of drug-likeness (QED) is 0.574. The lowest BCUT2D eigenvalue weighted by molar-refractivity contribution is -0.139. The van der Waals surface area contributed by atoms with Crippen LogP contribution in [0.3, 0.4) is 0 Å². The molecule has 0 aliphatic carbocycles. The van der Waals surface area contributed by atoms with Gasteiger partial charge in [-0.05, 0) is 32.3 Å². The van der Waals surface area contributed by atoms with Gasteiger partial charge < -0.3 is 15.2 Å². The third kappa shape index (κ3) is 7.82. The fourth-order valence-electron chi connectivity index (χ4n) is 2.30. The highest BCUT2D eigenvalue weighted by Crippen LogP contribution is 2.41. The van der Waals surface area contributed by atoms with Gasteiger partial charge in [0.15, 0.2) is 0 Å². The molecule has 1 aromatic carbocycles. The minimum atomic E-state index is -4.48. The molecule has 0 bridgehead atoms. The lowest BCUT2D eigenvalue weighted by atomic mass is 9.99. The summed E-state index contributed by atoms with van der Waals surface area (Å²) in [6.45, 7) is 11.5. The summed E-state index contributed by atoms with van der Waals surface area (Å²) in [4.78, 5) is 0. The molecule has 1 atom stereocenters. The number of halogens is 3. The monoisotopic (exact) mass is 361 g/mol. The van der Waals surface area contributed by atoms with Crippen LogP contribution in [-0.4, -0.2) is 18.3 Å². The first kappa shape index (κ1) is 23.3. The van der Waals surface area contributed by atoms with Gasteiger partial charge in [0.25, 0.3) is 0 Å². The van der Waals surface area contributed by atoms with Crippen molar-refractivity contribution in [1.82, 2.24) is 5.32 Å². The Labute approximate surface area is 148 Å². The predicted molar refractivity (Wildman–Crippen MR) is 95.6 cm³/mol. The first-order chi connectivity index (χ1) is 11.8. The Bertz CT molecular complexity index is 516. The van der Waals surface area contributed by atoms with E-state index in [4.69, 9.17) is 9.84 Å². The van der Waals surface area contributed by atoms with Crippen LogP contribution in [0, 0.1) is 0 Å². The van der Waals surface area contributed by atoms with Crippen molar-refractivity contribution in [3.8, 4) is 5.75 Å². The summed E-state index contributed by atoms with van der Waals surface area (Å²) >= 11 is 0. The van der Waals surface area contributed by atoms with E-state index in [1.165, 1.54) is 6.07 Å². The average Bonchev–Trinajstić information content (AvgIpc) is 2.57. The third-order valence-corrected chi connectivity index (χ3v) is 3.35. The van der Waals surface area contributed by atoms with Crippen LogP contribution in [0.1, 0.15) is 64.1 Å². The molecule has 25 heavy (non-hydrogen) atoms. The molecule has 0 aliphatic rings. The first-order valence-electron chi connectivity index (χ1n) is 8.67. The number of para-hydroxylation sites is 1. The average molecular weight is 361 g/mol. The maximum atomic E-state index is 13.3. The zero-order valence-corrected chi connectivity index (χ0v) is 15.5. The second kappa shape index (κ2) is 11.8. The number of rotatable bonds is 9. The molecule has 0 amide bonds. The van der Waals surface area contributed by atoms with Crippen molar-refractivity contribution < 1.29 is 23.0 Å². The molecule has 1 rings (SSSR count). The molecule has 6 heteroatoms. The molecule has 1 aromatic rings. The summed E-state index contributed by atoms with van der Waals surface area (Å²) in [5, 5.41) is 11.9. The standard InChI is InChI=1S/C17H24F3NO2.C2H6/c1-4-15(21-12(2)3)13-8-7-9-14(17(18,19)20)16(13)23-11-6-5-10-22;1-2/h7-9,15,21-22H,2,4-6,10-11H2,1,3H3;1-2H3. The summed E-state index contributed by atoms with van der Waals surface area (Å²) in [6.07, 6.45) is -2.90.